The number of benzene rings is 2. The Morgan fingerprint density at radius 1 is 0.839 bits per heavy atom. The third-order valence-electron chi connectivity index (χ3n) is 5.76. The molecular formula is C27H40O4. The number of hydrogen-bond donors (Lipinski definition) is 3. The van der Waals surface area contributed by atoms with Gasteiger partial charge in [0.05, 0.1) is 12.7 Å². The van der Waals surface area contributed by atoms with E-state index in [-0.39, 0.29) is 12.4 Å². The monoisotopic (exact) mass is 428 g/mol. The predicted molar refractivity (Wildman–Crippen MR) is 126 cm³/mol. The first-order chi connectivity index (χ1) is 15.1. The highest BCUT2D eigenvalue weighted by molar-refractivity contribution is 5.36. The number of hydrogen-bond acceptors (Lipinski definition) is 4. The minimum atomic E-state index is -0.533. The Hall–Kier alpha value is -1.88. The van der Waals surface area contributed by atoms with Crippen molar-refractivity contribution in [3.63, 3.8) is 0 Å². The van der Waals surface area contributed by atoms with Gasteiger partial charge in [0, 0.05) is 18.8 Å². The van der Waals surface area contributed by atoms with Crippen LogP contribution in [0.5, 0.6) is 5.75 Å². The minimum absolute atomic E-state index is 0.0751. The molecular weight excluding hydrogens is 388 g/mol. The third-order valence-corrected chi connectivity index (χ3v) is 5.76. The van der Waals surface area contributed by atoms with Gasteiger partial charge in [-0.3, -0.25) is 0 Å². The topological polar surface area (TPSA) is 69.9 Å². The minimum Gasteiger partial charge on any atom is -0.508 e. The molecule has 0 aromatic heterocycles. The molecule has 0 aliphatic carbocycles. The Morgan fingerprint density at radius 3 is 2.29 bits per heavy atom. The number of aryl methyl sites for hydroxylation is 2. The second kappa shape index (κ2) is 15.0. The predicted octanol–water partition coefficient (Wildman–Crippen LogP) is 6.00. The summed E-state index contributed by atoms with van der Waals surface area (Å²) < 4.78 is 5.76. The number of aliphatic hydroxyl groups excluding tert-OH is 2. The van der Waals surface area contributed by atoms with E-state index in [1.807, 2.05) is 0 Å². The third kappa shape index (κ3) is 10.3. The molecule has 2 aromatic carbocycles. The normalized spacial score (nSPS) is 12.2. The Balaban J connectivity index is 1.39. The Kier molecular flexibility index (Phi) is 12.3. The lowest BCUT2D eigenvalue weighted by atomic mass is 10.00. The summed E-state index contributed by atoms with van der Waals surface area (Å²) in [6, 6.07) is 13.6. The Morgan fingerprint density at radius 2 is 1.55 bits per heavy atom. The second-order valence-electron chi connectivity index (χ2n) is 8.53. The van der Waals surface area contributed by atoms with Crippen molar-refractivity contribution in [1.82, 2.24) is 0 Å². The number of phenols is 1. The lowest BCUT2D eigenvalue weighted by molar-refractivity contribution is 0.127. The number of rotatable bonds is 16. The summed E-state index contributed by atoms with van der Waals surface area (Å²) in [7, 11) is 0. The van der Waals surface area contributed by atoms with Crippen molar-refractivity contribution in [2.45, 2.75) is 83.8 Å². The molecule has 2 rings (SSSR count). The van der Waals surface area contributed by atoms with Gasteiger partial charge >= 0.3 is 0 Å². The standard InChI is InChI=1S/C27H40O4/c1-22-11-9-12-23(19-22)13-10-18-31-17-8-6-4-2-3-5-7-14-26(29)24-15-16-27(30)25(20-24)21-28/h9,11-12,15-16,19-20,26,28-30H,2-8,10,13-14,17-18,21H2,1H3. The molecule has 4 heteroatoms. The second-order valence-corrected chi connectivity index (χ2v) is 8.53. The molecule has 0 fully saturated rings. The maximum absolute atomic E-state index is 10.3. The molecule has 1 atom stereocenters. The summed E-state index contributed by atoms with van der Waals surface area (Å²) in [5.74, 6) is 0.0751. The highest BCUT2D eigenvalue weighted by Gasteiger charge is 2.10. The Labute approximate surface area is 187 Å². The first-order valence-corrected chi connectivity index (χ1v) is 11.8. The molecule has 0 aliphatic rings. The van der Waals surface area contributed by atoms with E-state index < -0.39 is 6.10 Å². The fraction of sp³-hybridized carbons (Fsp3) is 0.556. The van der Waals surface area contributed by atoms with E-state index in [1.54, 1.807) is 12.1 Å². The molecule has 31 heavy (non-hydrogen) atoms. The highest BCUT2D eigenvalue weighted by atomic mass is 16.5. The molecule has 172 valence electrons. The summed E-state index contributed by atoms with van der Waals surface area (Å²) in [5, 5.41) is 29.1. The van der Waals surface area contributed by atoms with Crippen LogP contribution in [0.15, 0.2) is 42.5 Å². The van der Waals surface area contributed by atoms with Crippen LogP contribution in [-0.2, 0) is 17.8 Å². The number of aromatic hydroxyl groups is 1. The van der Waals surface area contributed by atoms with Crippen molar-refractivity contribution in [2.75, 3.05) is 13.2 Å². The van der Waals surface area contributed by atoms with Crippen LogP contribution in [0.4, 0.5) is 0 Å². The first-order valence-electron chi connectivity index (χ1n) is 11.8. The van der Waals surface area contributed by atoms with Gasteiger partial charge in [-0.15, -0.1) is 0 Å². The molecule has 0 radical (unpaired) electrons. The SMILES string of the molecule is Cc1cccc(CCCOCCCCCCCCCC(O)c2ccc(O)c(CO)c2)c1. The summed E-state index contributed by atoms with van der Waals surface area (Å²) >= 11 is 0. The van der Waals surface area contributed by atoms with E-state index in [1.165, 1.54) is 42.9 Å². The van der Waals surface area contributed by atoms with Gasteiger partial charge < -0.3 is 20.1 Å². The van der Waals surface area contributed by atoms with Gasteiger partial charge in [-0.1, -0.05) is 74.4 Å². The zero-order valence-electron chi connectivity index (χ0n) is 19.1. The van der Waals surface area contributed by atoms with Gasteiger partial charge in [0.2, 0.25) is 0 Å². The van der Waals surface area contributed by atoms with Crippen LogP contribution >= 0.6 is 0 Å². The number of aliphatic hydroxyl groups is 2. The van der Waals surface area contributed by atoms with Crippen LogP contribution in [0.1, 0.15) is 86.1 Å². The van der Waals surface area contributed by atoms with Crippen LogP contribution in [0, 0.1) is 6.92 Å². The molecule has 0 saturated carbocycles. The van der Waals surface area contributed by atoms with E-state index in [4.69, 9.17) is 4.74 Å². The van der Waals surface area contributed by atoms with Crippen LogP contribution in [0.3, 0.4) is 0 Å². The molecule has 0 heterocycles. The smallest absolute Gasteiger partial charge is 0.121 e. The van der Waals surface area contributed by atoms with Crippen LogP contribution in [0.2, 0.25) is 0 Å². The van der Waals surface area contributed by atoms with Gasteiger partial charge in [0.1, 0.15) is 5.75 Å². The maximum Gasteiger partial charge on any atom is 0.121 e. The van der Waals surface area contributed by atoms with E-state index in [0.717, 1.165) is 50.9 Å². The zero-order chi connectivity index (χ0) is 22.3. The van der Waals surface area contributed by atoms with Crippen LogP contribution in [-0.4, -0.2) is 28.5 Å². The Bertz CT molecular complexity index is 744. The summed E-state index contributed by atoms with van der Waals surface area (Å²) in [6.45, 7) is 3.62. The molecule has 0 spiro atoms. The summed E-state index contributed by atoms with van der Waals surface area (Å²) in [4.78, 5) is 0. The van der Waals surface area contributed by atoms with Gasteiger partial charge in [-0.2, -0.15) is 0 Å². The maximum atomic E-state index is 10.3. The molecule has 2 aromatic rings. The van der Waals surface area contributed by atoms with Crippen molar-refractivity contribution < 1.29 is 20.1 Å². The van der Waals surface area contributed by atoms with Crippen molar-refractivity contribution >= 4 is 0 Å². The first kappa shape index (κ1) is 25.4. The molecule has 4 nitrogen and oxygen atoms in total. The average Bonchev–Trinajstić information content (AvgIpc) is 2.77. The highest BCUT2D eigenvalue weighted by Crippen LogP contribution is 2.25. The van der Waals surface area contributed by atoms with Crippen molar-refractivity contribution in [1.29, 1.82) is 0 Å². The van der Waals surface area contributed by atoms with Crippen molar-refractivity contribution in [2.24, 2.45) is 0 Å². The van der Waals surface area contributed by atoms with Gasteiger partial charge in [0.25, 0.3) is 0 Å². The molecule has 1 unspecified atom stereocenters. The molecule has 0 saturated heterocycles. The van der Waals surface area contributed by atoms with E-state index >= 15 is 0 Å². The van der Waals surface area contributed by atoms with E-state index in [2.05, 4.69) is 31.2 Å². The van der Waals surface area contributed by atoms with Crippen LogP contribution < -0.4 is 0 Å². The van der Waals surface area contributed by atoms with E-state index in [0.29, 0.717) is 12.0 Å². The quantitative estimate of drug-likeness (QED) is 0.287. The van der Waals surface area contributed by atoms with E-state index in [9.17, 15) is 15.3 Å². The molecule has 0 bridgehead atoms. The fourth-order valence-electron chi connectivity index (χ4n) is 3.88. The molecule has 0 amide bonds. The fourth-order valence-corrected chi connectivity index (χ4v) is 3.88. The molecule has 3 N–H and O–H groups in total. The van der Waals surface area contributed by atoms with Crippen molar-refractivity contribution in [3.05, 3.63) is 64.7 Å². The van der Waals surface area contributed by atoms with Crippen LogP contribution in [0.25, 0.3) is 0 Å². The van der Waals surface area contributed by atoms with Gasteiger partial charge in [-0.05, 0) is 55.9 Å². The largest absolute Gasteiger partial charge is 0.508 e. The number of ether oxygens (including phenoxy) is 1. The van der Waals surface area contributed by atoms with Crippen molar-refractivity contribution in [3.8, 4) is 5.75 Å². The van der Waals surface area contributed by atoms with Gasteiger partial charge in [0.15, 0.2) is 0 Å². The van der Waals surface area contributed by atoms with Gasteiger partial charge in [-0.25, -0.2) is 0 Å². The summed E-state index contributed by atoms with van der Waals surface area (Å²) in [6.07, 6.45) is 10.5. The zero-order valence-corrected chi connectivity index (χ0v) is 19.1. The summed E-state index contributed by atoms with van der Waals surface area (Å²) in [5.41, 5.74) is 3.95. The molecule has 0 aliphatic heterocycles. The number of unbranched alkanes of at least 4 members (excludes halogenated alkanes) is 6. The lowest BCUT2D eigenvalue weighted by Crippen LogP contribution is -1.99. The lowest BCUT2D eigenvalue weighted by Gasteiger charge is -2.12. The average molecular weight is 429 g/mol.